The zero-order valence-electron chi connectivity index (χ0n) is 12.8. The second-order valence-corrected chi connectivity index (χ2v) is 7.45. The Morgan fingerprint density at radius 3 is 2.25 bits per heavy atom. The first-order valence-corrected chi connectivity index (χ1v) is 7.63. The molecule has 0 aliphatic carbocycles. The van der Waals surface area contributed by atoms with Gasteiger partial charge in [-0.25, -0.2) is 0 Å². The number of benzene rings is 1. The Labute approximate surface area is 125 Å². The minimum atomic E-state index is -0.749. The van der Waals surface area contributed by atoms with Gasteiger partial charge in [-0.3, -0.25) is 4.79 Å². The molecule has 3 atom stereocenters. The van der Waals surface area contributed by atoms with Gasteiger partial charge in [0.25, 0.3) is 0 Å². The summed E-state index contributed by atoms with van der Waals surface area (Å²) in [6.07, 6.45) is -0.749. The van der Waals surface area contributed by atoms with Gasteiger partial charge in [0.15, 0.2) is 0 Å². The molecule has 0 aliphatic heterocycles. The van der Waals surface area contributed by atoms with E-state index in [1.54, 1.807) is 11.8 Å². The quantitative estimate of drug-likeness (QED) is 0.668. The fraction of sp³-hybridized carbons (Fsp3) is 0.562. The van der Waals surface area contributed by atoms with Crippen LogP contribution in [0.4, 0.5) is 0 Å². The van der Waals surface area contributed by atoms with Crippen molar-refractivity contribution in [1.29, 1.82) is 0 Å². The predicted octanol–water partition coefficient (Wildman–Crippen LogP) is 3.36. The molecule has 1 aromatic rings. The highest BCUT2D eigenvalue weighted by Gasteiger charge is 2.39. The molecule has 0 fully saturated rings. The van der Waals surface area contributed by atoms with Gasteiger partial charge < -0.3 is 9.84 Å². The lowest BCUT2D eigenvalue weighted by Crippen LogP contribution is -2.43. The molecule has 0 aromatic heterocycles. The molecule has 0 aliphatic rings. The fourth-order valence-electron chi connectivity index (χ4n) is 2.04. The van der Waals surface area contributed by atoms with E-state index in [2.05, 4.69) is 0 Å². The van der Waals surface area contributed by atoms with Gasteiger partial charge in [-0.05, 0) is 17.5 Å². The minimum Gasteiger partial charge on any atom is -0.469 e. The summed E-state index contributed by atoms with van der Waals surface area (Å²) >= 11 is 1.58. The van der Waals surface area contributed by atoms with Crippen LogP contribution in [0.1, 0.15) is 27.7 Å². The van der Waals surface area contributed by atoms with Crippen LogP contribution >= 0.6 is 11.8 Å². The Bertz CT molecular complexity index is 425. The number of carbonyl (C=O) groups is 1. The number of methoxy groups -OCH3 is 1. The van der Waals surface area contributed by atoms with E-state index in [1.807, 2.05) is 58.0 Å². The standard InChI is InChI=1S/C16H24O3S/c1-11(20-12-9-7-6-8-10-12)13(15(18)19-5)14(17)16(2,3)4/h6-11,13-14,17H,1-5H3/t11-,13+,14?/m0/s1. The van der Waals surface area contributed by atoms with E-state index in [9.17, 15) is 9.90 Å². The van der Waals surface area contributed by atoms with E-state index in [0.29, 0.717) is 0 Å². The number of rotatable bonds is 5. The van der Waals surface area contributed by atoms with Gasteiger partial charge >= 0.3 is 5.97 Å². The lowest BCUT2D eigenvalue weighted by molar-refractivity contribution is -0.152. The predicted molar refractivity (Wildman–Crippen MR) is 82.7 cm³/mol. The number of hydrogen-bond donors (Lipinski definition) is 1. The third-order valence-corrected chi connectivity index (χ3v) is 4.48. The van der Waals surface area contributed by atoms with Crippen LogP contribution in [0.2, 0.25) is 0 Å². The Hall–Kier alpha value is -1.00. The molecular weight excluding hydrogens is 272 g/mol. The largest absolute Gasteiger partial charge is 0.469 e. The van der Waals surface area contributed by atoms with Crippen molar-refractivity contribution < 1.29 is 14.6 Å². The second kappa shape index (κ2) is 7.14. The highest BCUT2D eigenvalue weighted by molar-refractivity contribution is 8.00. The molecule has 1 N–H and O–H groups in total. The summed E-state index contributed by atoms with van der Waals surface area (Å²) in [6.45, 7) is 7.72. The first-order chi connectivity index (χ1) is 9.27. The maximum Gasteiger partial charge on any atom is 0.312 e. The Morgan fingerprint density at radius 2 is 1.80 bits per heavy atom. The Balaban J connectivity index is 2.91. The van der Waals surface area contributed by atoms with Crippen LogP contribution in [0.5, 0.6) is 0 Å². The van der Waals surface area contributed by atoms with E-state index < -0.39 is 12.0 Å². The molecule has 1 unspecified atom stereocenters. The van der Waals surface area contributed by atoms with Crippen molar-refractivity contribution in [2.45, 2.75) is 43.9 Å². The van der Waals surface area contributed by atoms with Crippen LogP contribution in [0, 0.1) is 11.3 Å². The normalized spacial score (nSPS) is 16.3. The van der Waals surface area contributed by atoms with E-state index >= 15 is 0 Å². The van der Waals surface area contributed by atoms with Gasteiger partial charge in [0.2, 0.25) is 0 Å². The van der Waals surface area contributed by atoms with Crippen molar-refractivity contribution in [2.75, 3.05) is 7.11 Å². The van der Waals surface area contributed by atoms with E-state index in [4.69, 9.17) is 4.74 Å². The van der Waals surface area contributed by atoms with Crippen molar-refractivity contribution in [1.82, 2.24) is 0 Å². The molecule has 112 valence electrons. The molecular formula is C16H24O3S. The zero-order valence-corrected chi connectivity index (χ0v) is 13.6. The van der Waals surface area contributed by atoms with E-state index in [0.717, 1.165) is 4.90 Å². The number of hydrogen-bond acceptors (Lipinski definition) is 4. The molecule has 20 heavy (non-hydrogen) atoms. The molecule has 0 saturated carbocycles. The molecule has 3 nitrogen and oxygen atoms in total. The number of esters is 1. The van der Waals surface area contributed by atoms with Gasteiger partial charge in [-0.1, -0.05) is 45.9 Å². The first kappa shape index (κ1) is 17.1. The van der Waals surface area contributed by atoms with Crippen molar-refractivity contribution in [2.24, 2.45) is 11.3 Å². The maximum absolute atomic E-state index is 12.0. The van der Waals surface area contributed by atoms with Crippen LogP contribution in [-0.2, 0) is 9.53 Å². The number of carbonyl (C=O) groups excluding carboxylic acids is 1. The number of thioether (sulfide) groups is 1. The molecule has 0 radical (unpaired) electrons. The highest BCUT2D eigenvalue weighted by atomic mass is 32.2. The number of ether oxygens (including phenoxy) is 1. The van der Waals surface area contributed by atoms with Gasteiger partial charge in [0.1, 0.15) is 0 Å². The number of aliphatic hydroxyl groups is 1. The topological polar surface area (TPSA) is 46.5 Å². The average Bonchev–Trinajstić information content (AvgIpc) is 2.38. The molecule has 4 heteroatoms. The number of aliphatic hydroxyl groups excluding tert-OH is 1. The van der Waals surface area contributed by atoms with Crippen LogP contribution < -0.4 is 0 Å². The Kier molecular flexibility index (Phi) is 6.08. The summed E-state index contributed by atoms with van der Waals surface area (Å²) < 4.78 is 4.88. The zero-order chi connectivity index (χ0) is 15.3. The SMILES string of the molecule is COC(=O)[C@@H](C(O)C(C)(C)C)[C@H](C)Sc1ccccc1. The van der Waals surface area contributed by atoms with Crippen molar-refractivity contribution in [3.05, 3.63) is 30.3 Å². The van der Waals surface area contributed by atoms with Gasteiger partial charge in [0.05, 0.1) is 19.1 Å². The first-order valence-electron chi connectivity index (χ1n) is 6.75. The van der Waals surface area contributed by atoms with Crippen molar-refractivity contribution in [3.63, 3.8) is 0 Å². The third kappa shape index (κ3) is 4.53. The van der Waals surface area contributed by atoms with Gasteiger partial charge in [-0.2, -0.15) is 0 Å². The Morgan fingerprint density at radius 1 is 1.25 bits per heavy atom. The molecule has 0 bridgehead atoms. The summed E-state index contributed by atoms with van der Waals surface area (Å²) in [7, 11) is 1.37. The van der Waals surface area contributed by atoms with Crippen LogP contribution in [0.15, 0.2) is 35.2 Å². The lowest BCUT2D eigenvalue weighted by atomic mass is 9.80. The molecule has 1 rings (SSSR count). The van der Waals surface area contributed by atoms with E-state index in [-0.39, 0.29) is 16.6 Å². The van der Waals surface area contributed by atoms with Gasteiger partial charge in [0, 0.05) is 10.1 Å². The molecule has 0 amide bonds. The average molecular weight is 296 g/mol. The highest BCUT2D eigenvalue weighted by Crippen LogP contribution is 2.35. The molecule has 0 spiro atoms. The smallest absolute Gasteiger partial charge is 0.312 e. The minimum absolute atomic E-state index is 0.0703. The molecule has 1 aromatic carbocycles. The van der Waals surface area contributed by atoms with Crippen LogP contribution in [0.3, 0.4) is 0 Å². The lowest BCUT2D eigenvalue weighted by Gasteiger charge is -2.34. The summed E-state index contributed by atoms with van der Waals surface area (Å²) in [4.78, 5) is 13.1. The van der Waals surface area contributed by atoms with Gasteiger partial charge in [-0.15, -0.1) is 11.8 Å². The molecule has 0 heterocycles. The monoisotopic (exact) mass is 296 g/mol. The molecule has 0 saturated heterocycles. The van der Waals surface area contributed by atoms with Crippen LogP contribution in [0.25, 0.3) is 0 Å². The summed E-state index contributed by atoms with van der Waals surface area (Å²) in [6, 6.07) is 9.87. The second-order valence-electron chi connectivity index (χ2n) is 6.00. The maximum atomic E-state index is 12.0. The summed E-state index contributed by atoms with van der Waals surface area (Å²) in [5.41, 5.74) is -0.371. The van der Waals surface area contributed by atoms with Crippen molar-refractivity contribution in [3.8, 4) is 0 Å². The summed E-state index contributed by atoms with van der Waals surface area (Å²) in [5, 5.41) is 10.4. The van der Waals surface area contributed by atoms with Crippen LogP contribution in [-0.4, -0.2) is 29.5 Å². The third-order valence-electron chi connectivity index (χ3n) is 3.27. The van der Waals surface area contributed by atoms with Crippen molar-refractivity contribution >= 4 is 17.7 Å². The fourth-order valence-corrected chi connectivity index (χ4v) is 3.19. The van der Waals surface area contributed by atoms with E-state index in [1.165, 1.54) is 7.11 Å². The summed E-state index contributed by atoms with van der Waals surface area (Å²) in [5.74, 6) is -0.909.